The molecule has 1 aromatic heterocycles. The molecule has 5 nitrogen and oxygen atoms in total. The van der Waals surface area contributed by atoms with Crippen LogP contribution < -0.4 is 5.32 Å². The SMILES string of the molecule is O=C([C@H]1CCCCN1)N1CCN(Cc2cccnc2)CC1. The Kier molecular flexibility index (Phi) is 4.83. The molecule has 0 unspecified atom stereocenters. The Hall–Kier alpha value is -1.46. The summed E-state index contributed by atoms with van der Waals surface area (Å²) in [6.45, 7) is 5.50. The van der Waals surface area contributed by atoms with Gasteiger partial charge in [-0.3, -0.25) is 14.7 Å². The van der Waals surface area contributed by atoms with Gasteiger partial charge < -0.3 is 10.2 Å². The van der Waals surface area contributed by atoms with E-state index in [2.05, 4.69) is 21.3 Å². The number of hydrogen-bond donors (Lipinski definition) is 1. The Morgan fingerprint density at radius 1 is 1.29 bits per heavy atom. The third kappa shape index (κ3) is 3.80. The van der Waals surface area contributed by atoms with Crippen LogP contribution in [0.3, 0.4) is 0 Å². The fraction of sp³-hybridized carbons (Fsp3) is 0.625. The third-order valence-corrected chi connectivity index (χ3v) is 4.42. The second kappa shape index (κ2) is 7.00. The molecule has 114 valence electrons. The first kappa shape index (κ1) is 14.5. The fourth-order valence-electron chi connectivity index (χ4n) is 3.16. The molecular formula is C16H24N4O. The van der Waals surface area contributed by atoms with Crippen LogP contribution in [0.2, 0.25) is 0 Å². The monoisotopic (exact) mass is 288 g/mol. The van der Waals surface area contributed by atoms with Crippen LogP contribution in [0.25, 0.3) is 0 Å². The number of amides is 1. The van der Waals surface area contributed by atoms with Crippen LogP contribution in [0.1, 0.15) is 24.8 Å². The van der Waals surface area contributed by atoms with Crippen molar-refractivity contribution in [3.8, 4) is 0 Å². The predicted molar refractivity (Wildman–Crippen MR) is 81.7 cm³/mol. The Morgan fingerprint density at radius 3 is 2.81 bits per heavy atom. The lowest BCUT2D eigenvalue weighted by molar-refractivity contribution is -0.135. The van der Waals surface area contributed by atoms with Crippen LogP contribution in [0.15, 0.2) is 24.5 Å². The molecule has 1 amide bonds. The van der Waals surface area contributed by atoms with E-state index in [0.29, 0.717) is 5.91 Å². The highest BCUT2D eigenvalue weighted by Crippen LogP contribution is 2.13. The second-order valence-electron chi connectivity index (χ2n) is 5.97. The summed E-state index contributed by atoms with van der Waals surface area (Å²) in [7, 11) is 0. The Labute approximate surface area is 126 Å². The van der Waals surface area contributed by atoms with Crippen molar-refractivity contribution in [2.75, 3.05) is 32.7 Å². The molecule has 1 aromatic rings. The van der Waals surface area contributed by atoms with Gasteiger partial charge in [0.2, 0.25) is 5.91 Å². The van der Waals surface area contributed by atoms with Gasteiger partial charge in [-0.2, -0.15) is 0 Å². The fourth-order valence-corrected chi connectivity index (χ4v) is 3.16. The first-order chi connectivity index (χ1) is 10.3. The first-order valence-corrected chi connectivity index (χ1v) is 7.96. The second-order valence-corrected chi connectivity index (χ2v) is 5.97. The molecule has 2 aliphatic rings. The minimum atomic E-state index is 0.0589. The molecular weight excluding hydrogens is 264 g/mol. The number of pyridine rings is 1. The molecule has 0 aliphatic carbocycles. The van der Waals surface area contributed by atoms with Gasteiger partial charge in [-0.25, -0.2) is 0 Å². The maximum atomic E-state index is 12.5. The molecule has 1 N–H and O–H groups in total. The van der Waals surface area contributed by atoms with Crippen molar-refractivity contribution in [2.24, 2.45) is 0 Å². The number of piperidine rings is 1. The molecule has 5 heteroatoms. The number of carbonyl (C=O) groups excluding carboxylic acids is 1. The van der Waals surface area contributed by atoms with Gasteiger partial charge >= 0.3 is 0 Å². The Morgan fingerprint density at radius 2 is 2.14 bits per heavy atom. The minimum Gasteiger partial charge on any atom is -0.339 e. The number of piperazine rings is 1. The summed E-state index contributed by atoms with van der Waals surface area (Å²) in [5.74, 6) is 0.302. The Bertz CT molecular complexity index is 451. The summed E-state index contributed by atoms with van der Waals surface area (Å²) < 4.78 is 0. The maximum absolute atomic E-state index is 12.5. The first-order valence-electron chi connectivity index (χ1n) is 7.96. The van der Waals surface area contributed by atoms with Crippen molar-refractivity contribution in [3.05, 3.63) is 30.1 Å². The van der Waals surface area contributed by atoms with Crippen molar-refractivity contribution < 1.29 is 4.79 Å². The molecule has 3 heterocycles. The lowest BCUT2D eigenvalue weighted by atomic mass is 10.0. The molecule has 0 aromatic carbocycles. The normalized spacial score (nSPS) is 24.0. The molecule has 0 spiro atoms. The smallest absolute Gasteiger partial charge is 0.239 e. The largest absolute Gasteiger partial charge is 0.339 e. The number of carbonyl (C=O) groups is 1. The Balaban J connectivity index is 1.47. The zero-order valence-electron chi connectivity index (χ0n) is 12.5. The molecule has 0 radical (unpaired) electrons. The predicted octanol–water partition coefficient (Wildman–Crippen LogP) is 0.868. The van der Waals surface area contributed by atoms with Crippen LogP contribution in [0, 0.1) is 0 Å². The molecule has 1 atom stereocenters. The van der Waals surface area contributed by atoms with E-state index in [-0.39, 0.29) is 6.04 Å². The zero-order valence-corrected chi connectivity index (χ0v) is 12.5. The average molecular weight is 288 g/mol. The highest BCUT2D eigenvalue weighted by Gasteiger charge is 2.28. The van der Waals surface area contributed by atoms with Gasteiger partial charge in [-0.1, -0.05) is 12.5 Å². The molecule has 2 saturated heterocycles. The number of aromatic nitrogens is 1. The summed E-state index contributed by atoms with van der Waals surface area (Å²) in [5.41, 5.74) is 1.24. The zero-order chi connectivity index (χ0) is 14.5. The summed E-state index contributed by atoms with van der Waals surface area (Å²) in [6, 6.07) is 4.14. The van der Waals surface area contributed by atoms with Gasteiger partial charge in [-0.05, 0) is 31.0 Å². The topological polar surface area (TPSA) is 48.5 Å². The number of nitrogens with zero attached hydrogens (tertiary/aromatic N) is 3. The van der Waals surface area contributed by atoms with Gasteiger partial charge in [0.1, 0.15) is 0 Å². The van der Waals surface area contributed by atoms with E-state index in [1.807, 2.05) is 17.2 Å². The van der Waals surface area contributed by atoms with Crippen LogP contribution >= 0.6 is 0 Å². The standard InChI is InChI=1S/C16H24N4O/c21-16(15-5-1-2-7-18-15)20-10-8-19(9-11-20)13-14-4-3-6-17-12-14/h3-4,6,12,15,18H,1-2,5,7-11,13H2/t15-/m1/s1. The van der Waals surface area contributed by atoms with Crippen LogP contribution in [-0.4, -0.2) is 59.5 Å². The van der Waals surface area contributed by atoms with E-state index in [0.717, 1.165) is 45.7 Å². The summed E-state index contributed by atoms with van der Waals surface area (Å²) >= 11 is 0. The van der Waals surface area contributed by atoms with E-state index < -0.39 is 0 Å². The quantitative estimate of drug-likeness (QED) is 0.896. The highest BCUT2D eigenvalue weighted by atomic mass is 16.2. The van der Waals surface area contributed by atoms with E-state index in [1.54, 1.807) is 6.20 Å². The van der Waals surface area contributed by atoms with E-state index >= 15 is 0 Å². The van der Waals surface area contributed by atoms with Crippen LogP contribution in [0.5, 0.6) is 0 Å². The molecule has 2 aliphatic heterocycles. The molecule has 21 heavy (non-hydrogen) atoms. The van der Waals surface area contributed by atoms with E-state index in [1.165, 1.54) is 18.4 Å². The number of nitrogens with one attached hydrogen (secondary N) is 1. The highest BCUT2D eigenvalue weighted by molar-refractivity contribution is 5.82. The van der Waals surface area contributed by atoms with Crippen LogP contribution in [-0.2, 0) is 11.3 Å². The lowest BCUT2D eigenvalue weighted by Gasteiger charge is -2.37. The van der Waals surface area contributed by atoms with Crippen LogP contribution in [0.4, 0.5) is 0 Å². The summed E-state index contributed by atoms with van der Waals surface area (Å²) in [6.07, 6.45) is 7.09. The van der Waals surface area contributed by atoms with Gasteiger partial charge in [0.25, 0.3) is 0 Å². The van der Waals surface area contributed by atoms with Crippen molar-refractivity contribution >= 4 is 5.91 Å². The molecule has 0 bridgehead atoms. The average Bonchev–Trinajstić information content (AvgIpc) is 2.57. The number of rotatable bonds is 3. The van der Waals surface area contributed by atoms with Gasteiger partial charge in [0.05, 0.1) is 6.04 Å². The number of hydrogen-bond acceptors (Lipinski definition) is 4. The van der Waals surface area contributed by atoms with Crippen molar-refractivity contribution in [1.29, 1.82) is 0 Å². The van der Waals surface area contributed by atoms with E-state index in [4.69, 9.17) is 0 Å². The molecule has 2 fully saturated rings. The molecule has 3 rings (SSSR count). The van der Waals surface area contributed by atoms with Crippen molar-refractivity contribution in [2.45, 2.75) is 31.8 Å². The maximum Gasteiger partial charge on any atom is 0.239 e. The lowest BCUT2D eigenvalue weighted by Crippen LogP contribution is -2.54. The third-order valence-electron chi connectivity index (χ3n) is 4.42. The summed E-state index contributed by atoms with van der Waals surface area (Å²) in [4.78, 5) is 21.0. The molecule has 0 saturated carbocycles. The van der Waals surface area contributed by atoms with Gasteiger partial charge in [0, 0.05) is 45.1 Å². The minimum absolute atomic E-state index is 0.0589. The van der Waals surface area contributed by atoms with Crippen molar-refractivity contribution in [1.82, 2.24) is 20.1 Å². The van der Waals surface area contributed by atoms with E-state index in [9.17, 15) is 4.79 Å². The van der Waals surface area contributed by atoms with Gasteiger partial charge in [-0.15, -0.1) is 0 Å². The summed E-state index contributed by atoms with van der Waals surface area (Å²) in [5, 5.41) is 3.35. The van der Waals surface area contributed by atoms with Crippen molar-refractivity contribution in [3.63, 3.8) is 0 Å². The van der Waals surface area contributed by atoms with Gasteiger partial charge in [0.15, 0.2) is 0 Å².